The first-order valence-corrected chi connectivity index (χ1v) is 23.3. The van der Waals surface area contributed by atoms with Crippen LogP contribution in [-0.2, 0) is 33.2 Å². The molecular formula is C45H84O14. The molecule has 0 aliphatic carbocycles. The van der Waals surface area contributed by atoms with E-state index in [4.69, 9.17) is 28.4 Å². The Hall–Kier alpha value is -1.27. The molecule has 14 nitrogen and oxygen atoms in total. The predicted octanol–water partition coefficient (Wildman–Crippen LogP) is 5.51. The third-order valence-corrected chi connectivity index (χ3v) is 11.3. The monoisotopic (exact) mass is 849 g/mol. The van der Waals surface area contributed by atoms with E-state index < -0.39 is 80.7 Å². The third kappa shape index (κ3) is 23.1. The van der Waals surface area contributed by atoms with E-state index in [-0.39, 0.29) is 25.6 Å². The zero-order valence-electron chi connectivity index (χ0n) is 36.5. The van der Waals surface area contributed by atoms with E-state index in [2.05, 4.69) is 26.0 Å². The van der Waals surface area contributed by atoms with Crippen LogP contribution in [0.15, 0.2) is 12.2 Å². The summed E-state index contributed by atoms with van der Waals surface area (Å²) in [5, 5.41) is 71.7. The Bertz CT molecular complexity index is 1030. The fourth-order valence-electron chi connectivity index (χ4n) is 7.40. The molecule has 348 valence electrons. The van der Waals surface area contributed by atoms with Gasteiger partial charge in [-0.1, -0.05) is 135 Å². The Kier molecular flexibility index (Phi) is 31.3. The number of carbonyl (C=O) groups is 1. The summed E-state index contributed by atoms with van der Waals surface area (Å²) in [5.41, 5.74) is 0. The number of rotatable bonds is 36. The van der Waals surface area contributed by atoms with Crippen LogP contribution in [0.4, 0.5) is 0 Å². The predicted molar refractivity (Wildman–Crippen MR) is 224 cm³/mol. The quantitative estimate of drug-likeness (QED) is 0.0235. The van der Waals surface area contributed by atoms with Gasteiger partial charge in [-0.3, -0.25) is 4.79 Å². The highest BCUT2D eigenvalue weighted by molar-refractivity contribution is 5.69. The summed E-state index contributed by atoms with van der Waals surface area (Å²) >= 11 is 0. The van der Waals surface area contributed by atoms with Crippen LogP contribution < -0.4 is 0 Å². The van der Waals surface area contributed by atoms with Gasteiger partial charge < -0.3 is 64.2 Å². The van der Waals surface area contributed by atoms with Gasteiger partial charge in [-0.05, 0) is 38.5 Å². The van der Waals surface area contributed by atoms with Crippen LogP contribution in [0.1, 0.15) is 168 Å². The standard InChI is InChI=1S/C45H84O14/c1-3-5-7-9-11-12-13-14-15-16-17-18-19-20-21-22-23-25-27-29-54-31-34(57-37(47)28-26-24-10-8-6-4-2)32-55-44-43(53)41(51)39(49)36(59-44)33-56-45-42(52)40(50)38(48)35(30-46)58-45/h15-16,34-36,38-46,48-53H,3-14,17-33H2,1-2H3/b16-15-. The summed E-state index contributed by atoms with van der Waals surface area (Å²) in [7, 11) is 0. The maximum atomic E-state index is 12.8. The molecule has 2 rings (SSSR count). The van der Waals surface area contributed by atoms with Gasteiger partial charge >= 0.3 is 5.97 Å². The van der Waals surface area contributed by atoms with E-state index in [0.717, 1.165) is 44.9 Å². The highest BCUT2D eigenvalue weighted by Gasteiger charge is 2.47. The molecule has 2 fully saturated rings. The van der Waals surface area contributed by atoms with Gasteiger partial charge in [0.1, 0.15) is 54.9 Å². The van der Waals surface area contributed by atoms with Crippen molar-refractivity contribution >= 4 is 5.97 Å². The van der Waals surface area contributed by atoms with E-state index >= 15 is 0 Å². The number of esters is 1. The van der Waals surface area contributed by atoms with Crippen molar-refractivity contribution in [3.8, 4) is 0 Å². The van der Waals surface area contributed by atoms with Crippen molar-refractivity contribution in [3.63, 3.8) is 0 Å². The summed E-state index contributed by atoms with van der Waals surface area (Å²) in [6.07, 6.45) is 16.1. The summed E-state index contributed by atoms with van der Waals surface area (Å²) in [6.45, 7) is 3.61. The molecule has 11 unspecified atom stereocenters. The van der Waals surface area contributed by atoms with Gasteiger partial charge in [-0.15, -0.1) is 0 Å². The maximum Gasteiger partial charge on any atom is 0.306 e. The number of aliphatic hydroxyl groups is 7. The van der Waals surface area contributed by atoms with E-state index in [1.165, 1.54) is 96.3 Å². The van der Waals surface area contributed by atoms with Gasteiger partial charge in [-0.25, -0.2) is 0 Å². The lowest BCUT2D eigenvalue weighted by molar-refractivity contribution is -0.332. The number of unbranched alkanes of at least 4 members (excludes halogenated alkanes) is 20. The average Bonchev–Trinajstić information content (AvgIpc) is 3.23. The Morgan fingerprint density at radius 1 is 0.542 bits per heavy atom. The van der Waals surface area contributed by atoms with Gasteiger partial charge in [0.05, 0.1) is 26.4 Å². The fraction of sp³-hybridized carbons (Fsp3) is 0.933. The molecule has 2 saturated heterocycles. The summed E-state index contributed by atoms with van der Waals surface area (Å²) < 4.78 is 34.0. The molecule has 0 amide bonds. The minimum atomic E-state index is -1.70. The van der Waals surface area contributed by atoms with Crippen molar-refractivity contribution in [2.45, 2.75) is 235 Å². The Morgan fingerprint density at radius 3 is 1.54 bits per heavy atom. The number of hydrogen-bond donors (Lipinski definition) is 7. The van der Waals surface area contributed by atoms with Crippen LogP contribution in [-0.4, -0.2) is 142 Å². The van der Waals surface area contributed by atoms with Crippen LogP contribution in [0.5, 0.6) is 0 Å². The van der Waals surface area contributed by atoms with Crippen LogP contribution >= 0.6 is 0 Å². The molecule has 7 N–H and O–H groups in total. The highest BCUT2D eigenvalue weighted by Crippen LogP contribution is 2.26. The number of hydrogen-bond acceptors (Lipinski definition) is 14. The lowest BCUT2D eigenvalue weighted by Gasteiger charge is -2.42. The second kappa shape index (κ2) is 34.2. The largest absolute Gasteiger partial charge is 0.457 e. The number of aliphatic hydroxyl groups excluding tert-OH is 7. The Morgan fingerprint density at radius 2 is 1.00 bits per heavy atom. The molecule has 2 aliphatic heterocycles. The SMILES string of the molecule is CCCCCCCCC/C=C\CCCCCCCCCCOCC(COC1OC(COC2OC(CO)C(O)C(O)C2O)C(O)C(O)C1O)OC(=O)CCCCCCCC. The minimum Gasteiger partial charge on any atom is -0.457 e. The molecule has 0 spiro atoms. The summed E-state index contributed by atoms with van der Waals surface area (Å²) in [6, 6.07) is 0. The molecule has 0 aromatic rings. The Labute approximate surface area is 354 Å². The second-order valence-corrected chi connectivity index (χ2v) is 16.6. The van der Waals surface area contributed by atoms with Crippen LogP contribution in [0.25, 0.3) is 0 Å². The zero-order valence-corrected chi connectivity index (χ0v) is 36.5. The molecule has 0 aromatic carbocycles. The number of ether oxygens (including phenoxy) is 6. The topological polar surface area (TPSA) is 214 Å². The van der Waals surface area contributed by atoms with Crippen molar-refractivity contribution in [2.75, 3.05) is 33.0 Å². The smallest absolute Gasteiger partial charge is 0.306 e. The van der Waals surface area contributed by atoms with E-state index in [0.29, 0.717) is 13.0 Å². The first-order valence-electron chi connectivity index (χ1n) is 23.3. The van der Waals surface area contributed by atoms with Crippen molar-refractivity contribution < 1.29 is 69.0 Å². The minimum absolute atomic E-state index is 0.0629. The first kappa shape index (κ1) is 53.9. The molecule has 14 heteroatoms. The lowest BCUT2D eigenvalue weighted by Crippen LogP contribution is -2.61. The first-order chi connectivity index (χ1) is 28.6. The molecule has 59 heavy (non-hydrogen) atoms. The molecule has 0 aromatic heterocycles. The molecule has 0 saturated carbocycles. The maximum absolute atomic E-state index is 12.8. The molecule has 11 atom stereocenters. The summed E-state index contributed by atoms with van der Waals surface area (Å²) in [4.78, 5) is 12.8. The Balaban J connectivity index is 1.72. The normalized spacial score (nSPS) is 28.0. The average molecular weight is 849 g/mol. The number of allylic oxidation sites excluding steroid dienone is 2. The molecule has 0 bridgehead atoms. The van der Waals surface area contributed by atoms with Crippen molar-refractivity contribution in [3.05, 3.63) is 12.2 Å². The summed E-state index contributed by atoms with van der Waals surface area (Å²) in [5.74, 6) is -0.386. The van der Waals surface area contributed by atoms with Gasteiger partial charge in [0.2, 0.25) is 0 Å². The van der Waals surface area contributed by atoms with E-state index in [1.807, 2.05) is 0 Å². The highest BCUT2D eigenvalue weighted by atomic mass is 16.7. The molecular weight excluding hydrogens is 764 g/mol. The van der Waals surface area contributed by atoms with E-state index in [9.17, 15) is 40.5 Å². The van der Waals surface area contributed by atoms with Crippen LogP contribution in [0.2, 0.25) is 0 Å². The third-order valence-electron chi connectivity index (χ3n) is 11.3. The lowest BCUT2D eigenvalue weighted by atomic mass is 9.98. The number of carbonyl (C=O) groups excluding carboxylic acids is 1. The van der Waals surface area contributed by atoms with Gasteiger partial charge in [0, 0.05) is 13.0 Å². The van der Waals surface area contributed by atoms with Crippen LogP contribution in [0, 0.1) is 0 Å². The fourth-order valence-corrected chi connectivity index (χ4v) is 7.40. The van der Waals surface area contributed by atoms with Crippen LogP contribution in [0.3, 0.4) is 0 Å². The van der Waals surface area contributed by atoms with Gasteiger partial charge in [0.15, 0.2) is 12.6 Å². The van der Waals surface area contributed by atoms with Crippen molar-refractivity contribution in [2.24, 2.45) is 0 Å². The molecule has 2 aliphatic rings. The zero-order chi connectivity index (χ0) is 43.1. The van der Waals surface area contributed by atoms with Crippen molar-refractivity contribution in [1.82, 2.24) is 0 Å². The van der Waals surface area contributed by atoms with Gasteiger partial charge in [0.25, 0.3) is 0 Å². The van der Waals surface area contributed by atoms with Gasteiger partial charge in [-0.2, -0.15) is 0 Å². The van der Waals surface area contributed by atoms with Crippen molar-refractivity contribution in [1.29, 1.82) is 0 Å². The molecule has 2 heterocycles. The van der Waals surface area contributed by atoms with E-state index in [1.54, 1.807) is 0 Å². The molecule has 0 radical (unpaired) electrons. The second-order valence-electron chi connectivity index (χ2n) is 16.6.